The van der Waals surface area contributed by atoms with Crippen LogP contribution in [0.5, 0.6) is 0 Å². The van der Waals surface area contributed by atoms with Gasteiger partial charge in [-0.25, -0.2) is 9.97 Å². The summed E-state index contributed by atoms with van der Waals surface area (Å²) in [6.07, 6.45) is 6.20. The summed E-state index contributed by atoms with van der Waals surface area (Å²) in [5.74, 6) is 2.14. The predicted molar refractivity (Wildman–Crippen MR) is 73.3 cm³/mol. The van der Waals surface area contributed by atoms with Crippen molar-refractivity contribution in [2.24, 2.45) is 22.7 Å². The zero-order valence-electron chi connectivity index (χ0n) is 12.2. The van der Waals surface area contributed by atoms with E-state index in [0.29, 0.717) is 16.7 Å². The van der Waals surface area contributed by atoms with Gasteiger partial charge >= 0.3 is 0 Å². The molecule has 0 radical (unpaired) electrons. The van der Waals surface area contributed by atoms with Crippen LogP contribution in [-0.4, -0.2) is 9.97 Å². The van der Waals surface area contributed by atoms with Crippen molar-refractivity contribution >= 4 is 0 Å². The van der Waals surface area contributed by atoms with Crippen LogP contribution in [0.1, 0.15) is 58.2 Å². The number of hydrogen-bond acceptors (Lipinski definition) is 2. The molecule has 0 bridgehead atoms. The van der Waals surface area contributed by atoms with Crippen LogP contribution >= 0.6 is 0 Å². The number of aromatic nitrogens is 2. The summed E-state index contributed by atoms with van der Waals surface area (Å²) in [4.78, 5) is 8.79. The Morgan fingerprint density at radius 3 is 2.61 bits per heavy atom. The number of fused-ring (bicyclic) bond motifs is 3. The predicted octanol–water partition coefficient (Wildman–Crippen LogP) is 3.82. The number of aryl methyl sites for hydroxylation is 1. The Balaban J connectivity index is 2.16. The number of rotatable bonds is 0. The molecule has 3 unspecified atom stereocenters. The van der Waals surface area contributed by atoms with E-state index in [1.165, 1.54) is 17.7 Å². The molecule has 0 aliphatic heterocycles. The lowest BCUT2D eigenvalue weighted by atomic mass is 9.68. The van der Waals surface area contributed by atoms with Crippen LogP contribution in [0.15, 0.2) is 12.5 Å². The quantitative estimate of drug-likeness (QED) is 0.693. The van der Waals surface area contributed by atoms with Gasteiger partial charge in [-0.05, 0) is 47.0 Å². The molecular formula is C16H24N2. The maximum atomic E-state index is 4.51. The van der Waals surface area contributed by atoms with Gasteiger partial charge in [0.2, 0.25) is 0 Å². The zero-order valence-corrected chi connectivity index (χ0v) is 12.2. The first-order valence-electron chi connectivity index (χ1n) is 7.15. The second-order valence-electron chi connectivity index (χ2n) is 7.41. The summed E-state index contributed by atoms with van der Waals surface area (Å²) in [5.41, 5.74) is 3.48. The molecule has 98 valence electrons. The van der Waals surface area contributed by atoms with Gasteiger partial charge in [0, 0.05) is 11.9 Å². The van der Waals surface area contributed by atoms with E-state index >= 15 is 0 Å². The van der Waals surface area contributed by atoms with Gasteiger partial charge in [-0.3, -0.25) is 0 Å². The van der Waals surface area contributed by atoms with E-state index in [0.717, 1.165) is 18.3 Å². The fourth-order valence-corrected chi connectivity index (χ4v) is 4.78. The summed E-state index contributed by atoms with van der Waals surface area (Å²) >= 11 is 0. The largest absolute Gasteiger partial charge is 0.245 e. The zero-order chi connectivity index (χ0) is 13.1. The molecule has 0 N–H and O–H groups in total. The van der Waals surface area contributed by atoms with Gasteiger partial charge in [0.25, 0.3) is 0 Å². The number of hydrogen-bond donors (Lipinski definition) is 0. The second-order valence-corrected chi connectivity index (χ2v) is 7.41. The Bertz CT molecular complexity index is 476. The van der Waals surface area contributed by atoms with Gasteiger partial charge in [0.1, 0.15) is 6.33 Å². The Morgan fingerprint density at radius 2 is 1.89 bits per heavy atom. The Labute approximate surface area is 110 Å². The van der Waals surface area contributed by atoms with Crippen LogP contribution in [0.4, 0.5) is 0 Å². The molecule has 1 saturated carbocycles. The highest BCUT2D eigenvalue weighted by Gasteiger charge is 2.59. The minimum absolute atomic E-state index is 0.341. The van der Waals surface area contributed by atoms with Crippen molar-refractivity contribution in [3.05, 3.63) is 23.8 Å². The number of nitrogens with zero attached hydrogens (tertiary/aromatic N) is 2. The average molecular weight is 244 g/mol. The molecule has 3 atom stereocenters. The van der Waals surface area contributed by atoms with E-state index < -0.39 is 0 Å². The van der Waals surface area contributed by atoms with E-state index in [9.17, 15) is 0 Å². The van der Waals surface area contributed by atoms with E-state index in [2.05, 4.69) is 50.8 Å². The minimum atomic E-state index is 0.341. The highest BCUT2D eigenvalue weighted by Crippen LogP contribution is 2.66. The molecule has 2 nitrogen and oxygen atoms in total. The summed E-state index contributed by atoms with van der Waals surface area (Å²) < 4.78 is 0. The standard InChI is InChI=1S/C16H24N2/c1-10-15(2,3)12-6-7-13-11(8-17-9-18-13)14(12)16(10,4)5/h8-10,12,14H,6-7H2,1-5H3. The normalized spacial score (nSPS) is 35.9. The van der Waals surface area contributed by atoms with E-state index in [-0.39, 0.29) is 0 Å². The average Bonchev–Trinajstić information content (AvgIpc) is 2.48. The van der Waals surface area contributed by atoms with Crippen LogP contribution in [0.2, 0.25) is 0 Å². The monoisotopic (exact) mass is 244 g/mol. The van der Waals surface area contributed by atoms with Gasteiger partial charge in [0.05, 0.1) is 0 Å². The van der Waals surface area contributed by atoms with Crippen molar-refractivity contribution in [1.29, 1.82) is 0 Å². The van der Waals surface area contributed by atoms with E-state index in [4.69, 9.17) is 0 Å². The third kappa shape index (κ3) is 1.35. The third-order valence-electron chi connectivity index (χ3n) is 6.25. The topological polar surface area (TPSA) is 25.8 Å². The smallest absolute Gasteiger partial charge is 0.115 e. The first-order valence-corrected chi connectivity index (χ1v) is 7.15. The van der Waals surface area contributed by atoms with Crippen molar-refractivity contribution in [2.75, 3.05) is 0 Å². The lowest BCUT2D eigenvalue weighted by Gasteiger charge is -2.37. The van der Waals surface area contributed by atoms with Crippen molar-refractivity contribution in [3.63, 3.8) is 0 Å². The van der Waals surface area contributed by atoms with Crippen LogP contribution in [0.3, 0.4) is 0 Å². The molecule has 1 aromatic rings. The Kier molecular flexibility index (Phi) is 2.39. The SMILES string of the molecule is CC1C(C)(C)C2CCc3ncncc3C2C1(C)C. The van der Waals surface area contributed by atoms with Gasteiger partial charge in [-0.2, -0.15) is 0 Å². The van der Waals surface area contributed by atoms with Crippen molar-refractivity contribution in [2.45, 2.75) is 53.4 Å². The van der Waals surface area contributed by atoms with Gasteiger partial charge in [-0.1, -0.05) is 34.6 Å². The van der Waals surface area contributed by atoms with Crippen LogP contribution in [0, 0.1) is 22.7 Å². The highest BCUT2D eigenvalue weighted by molar-refractivity contribution is 5.31. The molecule has 1 heterocycles. The molecule has 3 rings (SSSR count). The van der Waals surface area contributed by atoms with Gasteiger partial charge in [-0.15, -0.1) is 0 Å². The molecule has 1 fully saturated rings. The van der Waals surface area contributed by atoms with Crippen LogP contribution in [0.25, 0.3) is 0 Å². The molecule has 0 saturated heterocycles. The summed E-state index contributed by atoms with van der Waals surface area (Å²) in [6.45, 7) is 12.2. The van der Waals surface area contributed by atoms with Crippen molar-refractivity contribution in [3.8, 4) is 0 Å². The van der Waals surface area contributed by atoms with Gasteiger partial charge in [0.15, 0.2) is 0 Å². The Morgan fingerprint density at radius 1 is 1.17 bits per heavy atom. The first-order chi connectivity index (χ1) is 8.37. The van der Waals surface area contributed by atoms with Crippen molar-refractivity contribution < 1.29 is 0 Å². The molecule has 2 aliphatic rings. The molecule has 0 spiro atoms. The molecule has 18 heavy (non-hydrogen) atoms. The molecular weight excluding hydrogens is 220 g/mol. The highest BCUT2D eigenvalue weighted by atomic mass is 14.8. The van der Waals surface area contributed by atoms with E-state index in [1.807, 2.05) is 0 Å². The molecule has 0 aromatic carbocycles. The summed E-state index contributed by atoms with van der Waals surface area (Å²) in [6, 6.07) is 0. The fourth-order valence-electron chi connectivity index (χ4n) is 4.78. The lowest BCUT2D eigenvalue weighted by Crippen LogP contribution is -2.29. The van der Waals surface area contributed by atoms with Crippen molar-refractivity contribution in [1.82, 2.24) is 9.97 Å². The lowest BCUT2D eigenvalue weighted by molar-refractivity contribution is 0.150. The maximum absolute atomic E-state index is 4.51. The fraction of sp³-hybridized carbons (Fsp3) is 0.750. The minimum Gasteiger partial charge on any atom is -0.245 e. The molecule has 2 aliphatic carbocycles. The van der Waals surface area contributed by atoms with Crippen LogP contribution < -0.4 is 0 Å². The van der Waals surface area contributed by atoms with Crippen LogP contribution in [-0.2, 0) is 6.42 Å². The maximum Gasteiger partial charge on any atom is 0.115 e. The molecule has 0 amide bonds. The first kappa shape index (κ1) is 12.1. The summed E-state index contributed by atoms with van der Waals surface area (Å²) in [7, 11) is 0. The third-order valence-corrected chi connectivity index (χ3v) is 6.25. The van der Waals surface area contributed by atoms with E-state index in [1.54, 1.807) is 6.33 Å². The molecule has 1 aromatic heterocycles. The summed E-state index contributed by atoms with van der Waals surface area (Å²) in [5, 5.41) is 0. The molecule has 2 heteroatoms. The van der Waals surface area contributed by atoms with Gasteiger partial charge < -0.3 is 0 Å². The Hall–Kier alpha value is -0.920. The second kappa shape index (κ2) is 3.55.